The quantitative estimate of drug-likeness (QED) is 0.344. The zero-order valence-corrected chi connectivity index (χ0v) is 20.8. The topological polar surface area (TPSA) is 66.5 Å². The first-order valence-corrected chi connectivity index (χ1v) is 12.3. The average Bonchev–Trinajstić information content (AvgIpc) is 3.08. The van der Waals surface area contributed by atoms with Gasteiger partial charge in [-0.15, -0.1) is 0 Å². The normalized spacial score (nSPS) is 28.9. The summed E-state index contributed by atoms with van der Waals surface area (Å²) >= 11 is 13.9. The first-order valence-electron chi connectivity index (χ1n) is 10.3. The molecule has 0 spiro atoms. The van der Waals surface area contributed by atoms with Crippen molar-refractivity contribution in [3.05, 3.63) is 106 Å². The van der Waals surface area contributed by atoms with Crippen LogP contribution < -0.4 is 5.43 Å². The molecule has 3 aliphatic carbocycles. The van der Waals surface area contributed by atoms with Gasteiger partial charge in [-0.2, -0.15) is 5.01 Å². The van der Waals surface area contributed by atoms with E-state index in [-0.39, 0.29) is 5.56 Å². The molecule has 5 nitrogen and oxygen atoms in total. The van der Waals surface area contributed by atoms with Gasteiger partial charge in [-0.25, -0.2) is 0 Å². The van der Waals surface area contributed by atoms with E-state index in [1.807, 2.05) is 48.5 Å². The zero-order chi connectivity index (χ0) is 23.1. The van der Waals surface area contributed by atoms with Crippen molar-refractivity contribution in [2.45, 2.75) is 8.65 Å². The third-order valence-corrected chi connectivity index (χ3v) is 9.82. The lowest BCUT2D eigenvalue weighted by Gasteiger charge is -2.55. The molecule has 33 heavy (non-hydrogen) atoms. The molecule has 1 heterocycles. The Balaban J connectivity index is 1.50. The van der Waals surface area contributed by atoms with Gasteiger partial charge < -0.3 is 0 Å². The number of benzene rings is 3. The van der Waals surface area contributed by atoms with E-state index in [0.29, 0.717) is 5.02 Å². The van der Waals surface area contributed by atoms with Gasteiger partial charge in [0.25, 0.3) is 17.7 Å². The SMILES string of the molecule is O=C(NN1C(=O)[C@H]2[C@H](C1=O)C1(Br)c3ccccc3C2(Br)c2ccccc21)c1cccc(Cl)c1. The number of imide groups is 1. The minimum atomic E-state index is -0.900. The molecule has 0 unspecified atom stereocenters. The summed E-state index contributed by atoms with van der Waals surface area (Å²) in [7, 11) is 0. The maximum absolute atomic E-state index is 13.8. The van der Waals surface area contributed by atoms with Crippen LogP contribution in [0.2, 0.25) is 5.02 Å². The zero-order valence-electron chi connectivity index (χ0n) is 16.9. The Morgan fingerprint density at radius 2 is 1.24 bits per heavy atom. The van der Waals surface area contributed by atoms with Crippen LogP contribution in [-0.2, 0) is 18.2 Å². The Labute approximate surface area is 211 Å². The fourth-order valence-electron chi connectivity index (χ4n) is 5.57. The highest BCUT2D eigenvalue weighted by molar-refractivity contribution is 9.10. The second kappa shape index (κ2) is 7.01. The first-order chi connectivity index (χ1) is 15.8. The summed E-state index contributed by atoms with van der Waals surface area (Å²) in [5.74, 6) is -2.97. The van der Waals surface area contributed by atoms with Crippen LogP contribution in [0.25, 0.3) is 0 Å². The van der Waals surface area contributed by atoms with Crippen LogP contribution >= 0.6 is 43.5 Å². The summed E-state index contributed by atoms with van der Waals surface area (Å²) in [6, 6.07) is 22.0. The molecule has 1 N–H and O–H groups in total. The minimum absolute atomic E-state index is 0.259. The molecule has 1 saturated heterocycles. The van der Waals surface area contributed by atoms with E-state index in [1.54, 1.807) is 18.2 Å². The Hall–Kier alpha value is -2.48. The molecular weight excluding hydrogens is 572 g/mol. The molecule has 1 fully saturated rings. The molecule has 2 bridgehead atoms. The third kappa shape index (κ3) is 2.56. The predicted octanol–water partition coefficient (Wildman–Crippen LogP) is 4.89. The predicted molar refractivity (Wildman–Crippen MR) is 130 cm³/mol. The minimum Gasteiger partial charge on any atom is -0.272 e. The number of nitrogens with one attached hydrogen (secondary N) is 1. The summed E-state index contributed by atoms with van der Waals surface area (Å²) in [4.78, 5) is 40.4. The maximum atomic E-state index is 13.8. The molecule has 8 heteroatoms. The Bertz CT molecular complexity index is 1270. The fraction of sp³-hybridized carbons (Fsp3) is 0.160. The highest BCUT2D eigenvalue weighted by Gasteiger charge is 2.72. The van der Waals surface area contributed by atoms with Crippen LogP contribution in [-0.4, -0.2) is 22.7 Å². The van der Waals surface area contributed by atoms with Gasteiger partial charge in [-0.1, -0.05) is 98.1 Å². The van der Waals surface area contributed by atoms with Crippen LogP contribution in [0.1, 0.15) is 32.6 Å². The number of nitrogens with zero attached hydrogens (tertiary/aromatic N) is 1. The second-order valence-electron chi connectivity index (χ2n) is 8.43. The number of alkyl halides is 2. The lowest BCUT2D eigenvalue weighted by atomic mass is 9.54. The lowest BCUT2D eigenvalue weighted by molar-refractivity contribution is -0.142. The Morgan fingerprint density at radius 1 is 0.788 bits per heavy atom. The van der Waals surface area contributed by atoms with E-state index in [0.717, 1.165) is 27.3 Å². The van der Waals surface area contributed by atoms with Crippen molar-refractivity contribution in [1.29, 1.82) is 0 Å². The van der Waals surface area contributed by atoms with E-state index >= 15 is 0 Å². The van der Waals surface area contributed by atoms with E-state index in [1.165, 1.54) is 6.07 Å². The van der Waals surface area contributed by atoms with E-state index < -0.39 is 38.2 Å². The largest absolute Gasteiger partial charge is 0.272 e. The molecule has 3 aromatic rings. The van der Waals surface area contributed by atoms with Crippen molar-refractivity contribution < 1.29 is 14.4 Å². The van der Waals surface area contributed by atoms with Crippen molar-refractivity contribution in [1.82, 2.24) is 10.4 Å². The maximum Gasteiger partial charge on any atom is 0.270 e. The summed E-state index contributed by atoms with van der Waals surface area (Å²) in [5, 5.41) is 1.26. The number of hydrazine groups is 1. The number of carbonyl (C=O) groups is 3. The fourth-order valence-corrected chi connectivity index (χ4v) is 8.07. The van der Waals surface area contributed by atoms with Crippen molar-refractivity contribution >= 4 is 61.2 Å². The second-order valence-corrected chi connectivity index (χ2v) is 11.4. The van der Waals surface area contributed by atoms with Crippen LogP contribution in [0.5, 0.6) is 0 Å². The van der Waals surface area contributed by atoms with Gasteiger partial charge in [0.15, 0.2) is 0 Å². The highest BCUT2D eigenvalue weighted by Crippen LogP contribution is 2.70. The molecule has 2 atom stereocenters. The average molecular weight is 587 g/mol. The number of hydrogen-bond donors (Lipinski definition) is 1. The van der Waals surface area contributed by atoms with E-state index in [9.17, 15) is 14.4 Å². The smallest absolute Gasteiger partial charge is 0.270 e. The van der Waals surface area contributed by atoms with Crippen molar-refractivity contribution in [2.24, 2.45) is 11.8 Å². The van der Waals surface area contributed by atoms with E-state index in [4.69, 9.17) is 11.6 Å². The highest BCUT2D eigenvalue weighted by atomic mass is 79.9. The summed E-state index contributed by atoms with van der Waals surface area (Å²) in [6.45, 7) is 0. The molecule has 3 aromatic carbocycles. The number of rotatable bonds is 2. The van der Waals surface area contributed by atoms with Gasteiger partial charge >= 0.3 is 0 Å². The first kappa shape index (κ1) is 21.1. The molecular formula is C25H15Br2ClN2O3. The van der Waals surface area contributed by atoms with Crippen LogP contribution in [0, 0.1) is 11.8 Å². The summed E-state index contributed by atoms with van der Waals surface area (Å²) in [6.07, 6.45) is 0. The monoisotopic (exact) mass is 584 g/mol. The third-order valence-electron chi connectivity index (χ3n) is 6.89. The standard InChI is InChI=1S/C25H15Br2ClN2O3/c26-24-15-8-1-2-9-16(15)25(27,18-11-4-3-10-17(18)24)20-19(24)22(32)30(23(20)33)29-21(31)13-6-5-7-14(28)12-13/h1-12,19-20H,(H,29,31)/t19-,20-,24?,25?/m1/s1. The van der Waals surface area contributed by atoms with Gasteiger partial charge in [0.2, 0.25) is 0 Å². The molecule has 164 valence electrons. The molecule has 0 saturated carbocycles. The molecule has 4 aliphatic rings. The summed E-state index contributed by atoms with van der Waals surface area (Å²) < 4.78 is -1.80. The Morgan fingerprint density at radius 3 is 1.67 bits per heavy atom. The Kier molecular flexibility index (Phi) is 4.48. The van der Waals surface area contributed by atoms with Gasteiger partial charge in [0.1, 0.15) is 0 Å². The van der Waals surface area contributed by atoms with Gasteiger partial charge in [0, 0.05) is 10.6 Å². The molecule has 7 rings (SSSR count). The van der Waals surface area contributed by atoms with Crippen molar-refractivity contribution in [2.75, 3.05) is 0 Å². The summed E-state index contributed by atoms with van der Waals surface area (Å²) in [5.41, 5.74) is 6.53. The van der Waals surface area contributed by atoms with E-state index in [2.05, 4.69) is 37.3 Å². The number of halogens is 3. The van der Waals surface area contributed by atoms with Crippen LogP contribution in [0.15, 0.2) is 72.8 Å². The number of hydrogen-bond acceptors (Lipinski definition) is 3. The van der Waals surface area contributed by atoms with Crippen molar-refractivity contribution in [3.63, 3.8) is 0 Å². The van der Waals surface area contributed by atoms with Crippen LogP contribution in [0.4, 0.5) is 0 Å². The number of amides is 3. The van der Waals surface area contributed by atoms with Gasteiger partial charge in [-0.05, 0) is 40.5 Å². The lowest BCUT2D eigenvalue weighted by Crippen LogP contribution is -2.56. The van der Waals surface area contributed by atoms with Gasteiger partial charge in [0.05, 0.1) is 20.5 Å². The molecule has 0 radical (unpaired) electrons. The van der Waals surface area contributed by atoms with Crippen molar-refractivity contribution in [3.8, 4) is 0 Å². The molecule has 0 aromatic heterocycles. The van der Waals surface area contributed by atoms with Gasteiger partial charge in [-0.3, -0.25) is 19.8 Å². The molecule has 1 aliphatic heterocycles. The van der Waals surface area contributed by atoms with Crippen LogP contribution in [0.3, 0.4) is 0 Å². The number of carbonyl (C=O) groups excluding carboxylic acids is 3. The molecule has 3 amide bonds.